The molecule has 2 N–H and O–H groups in total. The molecule has 2 heterocycles. The molecule has 1 aliphatic carbocycles. The number of cyclic esters (lactones) is 1. The summed E-state index contributed by atoms with van der Waals surface area (Å²) in [5, 5.41) is 11.1. The minimum atomic E-state index is -0.763. The maximum absolute atomic E-state index is 14.6. The number of benzene rings is 1. The first-order valence-corrected chi connectivity index (χ1v) is 9.97. The predicted octanol–water partition coefficient (Wildman–Crippen LogP) is 0.351. The molecule has 5 atom stereocenters. The lowest BCUT2D eigenvalue weighted by Gasteiger charge is -2.15. The molecule has 1 aromatic carbocycles. The predicted molar refractivity (Wildman–Crippen MR) is 91.7 cm³/mol. The Hall–Kier alpha value is -2.00. The first-order chi connectivity index (χ1) is 12.5. The van der Waals surface area contributed by atoms with Crippen molar-refractivity contribution in [2.75, 3.05) is 36.1 Å². The number of aliphatic hydroxyl groups is 1. The summed E-state index contributed by atoms with van der Waals surface area (Å²) in [6.07, 6.45) is -1.16. The molecule has 4 rings (SSSR count). The Bertz CT molecular complexity index is 774. The quantitative estimate of drug-likeness (QED) is 0.766. The number of nitrogens with one attached hydrogen (secondary N) is 1. The Morgan fingerprint density at radius 3 is 2.77 bits per heavy atom. The molecular weight excluding hydrogens is 363 g/mol. The summed E-state index contributed by atoms with van der Waals surface area (Å²) in [4.78, 5) is 24.4. The van der Waals surface area contributed by atoms with Crippen molar-refractivity contribution in [3.63, 3.8) is 0 Å². The molecular formula is C17H19FN2O5S. The smallest absolute Gasteiger partial charge is 0.414 e. The van der Waals surface area contributed by atoms with E-state index in [1.54, 1.807) is 12.1 Å². The number of rotatable bonds is 5. The fraction of sp³-hybridized carbons (Fsp3) is 0.529. The molecule has 0 radical (unpaired) electrons. The molecule has 1 saturated carbocycles. The minimum absolute atomic E-state index is 0.0881. The molecule has 3 fully saturated rings. The Kier molecular flexibility index (Phi) is 4.44. The van der Waals surface area contributed by atoms with Crippen LogP contribution in [0.1, 0.15) is 11.5 Å². The highest BCUT2D eigenvalue weighted by Crippen LogP contribution is 2.58. The molecule has 0 spiro atoms. The molecule has 140 valence electrons. The molecule has 7 nitrogen and oxygen atoms in total. The van der Waals surface area contributed by atoms with E-state index in [2.05, 4.69) is 5.32 Å². The summed E-state index contributed by atoms with van der Waals surface area (Å²) in [6.45, 7) is -0.352. The van der Waals surface area contributed by atoms with Gasteiger partial charge in [0, 0.05) is 22.3 Å². The Balaban J connectivity index is 1.42. The average Bonchev–Trinajstić information content (AvgIpc) is 2.93. The number of aliphatic hydroxyl groups excluding tert-OH is 1. The number of carbonyl (C=O) groups is 2. The summed E-state index contributed by atoms with van der Waals surface area (Å²) in [7, 11) is -0.763. The van der Waals surface area contributed by atoms with Crippen molar-refractivity contribution < 1.29 is 28.0 Å². The maximum atomic E-state index is 14.6. The number of anilines is 1. The lowest BCUT2D eigenvalue weighted by molar-refractivity contribution is -0.124. The van der Waals surface area contributed by atoms with Gasteiger partial charge in [0.15, 0.2) is 0 Å². The van der Waals surface area contributed by atoms with Crippen LogP contribution in [0.4, 0.5) is 14.9 Å². The molecule has 3 aliphatic rings. The Morgan fingerprint density at radius 1 is 1.38 bits per heavy atom. The molecule has 9 heteroatoms. The second kappa shape index (κ2) is 6.62. The van der Waals surface area contributed by atoms with Crippen molar-refractivity contribution in [2.45, 2.75) is 12.0 Å². The Morgan fingerprint density at radius 2 is 2.12 bits per heavy atom. The monoisotopic (exact) mass is 382 g/mol. The summed E-state index contributed by atoms with van der Waals surface area (Å²) < 4.78 is 31.2. The van der Waals surface area contributed by atoms with Gasteiger partial charge in [-0.3, -0.25) is 13.9 Å². The van der Waals surface area contributed by atoms with Crippen LogP contribution in [0, 0.1) is 17.7 Å². The van der Waals surface area contributed by atoms with Crippen molar-refractivity contribution in [3.05, 3.63) is 29.6 Å². The van der Waals surface area contributed by atoms with E-state index in [9.17, 15) is 18.2 Å². The third-order valence-corrected chi connectivity index (χ3v) is 6.80. The number of hydrogen-bond acceptors (Lipinski definition) is 5. The van der Waals surface area contributed by atoms with Gasteiger partial charge in [-0.05, 0) is 35.4 Å². The van der Waals surface area contributed by atoms with E-state index in [-0.39, 0.29) is 24.8 Å². The third-order valence-electron chi connectivity index (χ3n) is 5.29. The summed E-state index contributed by atoms with van der Waals surface area (Å²) in [6, 6.07) is 4.72. The van der Waals surface area contributed by atoms with E-state index in [1.165, 1.54) is 11.0 Å². The van der Waals surface area contributed by atoms with Crippen LogP contribution in [0.2, 0.25) is 0 Å². The highest BCUT2D eigenvalue weighted by molar-refractivity contribution is 7.85. The fourth-order valence-electron chi connectivity index (χ4n) is 3.93. The lowest BCUT2D eigenvalue weighted by atomic mass is 10.1. The molecule has 1 aromatic rings. The number of carbonyl (C=O) groups excluding carboxylic acids is 2. The number of ether oxygens (including phenoxy) is 1. The van der Waals surface area contributed by atoms with Crippen LogP contribution in [0.15, 0.2) is 18.2 Å². The summed E-state index contributed by atoms with van der Waals surface area (Å²) in [5.41, 5.74) is 1.03. The SMILES string of the molecule is O=C(CO)NC[C@H]1CN(c2ccc(C3[C@H]4CS(=O)C[C@@H]34)c(F)c2)C(=O)O1. The van der Waals surface area contributed by atoms with E-state index in [1.807, 2.05) is 0 Å². The fourth-order valence-corrected chi connectivity index (χ4v) is 5.84. The summed E-state index contributed by atoms with van der Waals surface area (Å²) in [5.74, 6) is 1.14. The van der Waals surface area contributed by atoms with Crippen molar-refractivity contribution in [3.8, 4) is 0 Å². The second-order valence-corrected chi connectivity index (χ2v) is 8.46. The van der Waals surface area contributed by atoms with Gasteiger partial charge in [0.2, 0.25) is 5.91 Å². The van der Waals surface area contributed by atoms with Gasteiger partial charge < -0.3 is 15.2 Å². The highest BCUT2D eigenvalue weighted by atomic mass is 32.2. The Labute approximate surface area is 152 Å². The van der Waals surface area contributed by atoms with Crippen LogP contribution in [0.25, 0.3) is 0 Å². The highest BCUT2D eigenvalue weighted by Gasteiger charge is 2.57. The van der Waals surface area contributed by atoms with Crippen LogP contribution >= 0.6 is 0 Å². The largest absolute Gasteiger partial charge is 0.442 e. The zero-order valence-electron chi connectivity index (χ0n) is 13.9. The molecule has 2 unspecified atom stereocenters. The normalized spacial score (nSPS) is 32.3. The summed E-state index contributed by atoms with van der Waals surface area (Å²) >= 11 is 0. The average molecular weight is 382 g/mol. The van der Waals surface area contributed by atoms with E-state index in [0.717, 1.165) is 0 Å². The van der Waals surface area contributed by atoms with Crippen molar-refractivity contribution >= 4 is 28.5 Å². The molecule has 0 aromatic heterocycles. The topological polar surface area (TPSA) is 95.9 Å². The first kappa shape index (κ1) is 17.4. The maximum Gasteiger partial charge on any atom is 0.414 e. The number of halogens is 1. The number of hydrogen-bond donors (Lipinski definition) is 2. The van der Waals surface area contributed by atoms with Gasteiger partial charge >= 0.3 is 6.09 Å². The van der Waals surface area contributed by atoms with Gasteiger partial charge in [0.05, 0.1) is 18.8 Å². The first-order valence-electron chi connectivity index (χ1n) is 8.48. The van der Waals surface area contributed by atoms with E-state index < -0.39 is 35.5 Å². The van der Waals surface area contributed by atoms with Gasteiger partial charge in [-0.2, -0.15) is 0 Å². The molecule has 2 saturated heterocycles. The van der Waals surface area contributed by atoms with Gasteiger partial charge in [-0.15, -0.1) is 0 Å². The molecule has 0 bridgehead atoms. The molecule has 2 aliphatic heterocycles. The van der Waals surface area contributed by atoms with Crippen LogP contribution in [-0.4, -0.2) is 58.6 Å². The van der Waals surface area contributed by atoms with E-state index >= 15 is 0 Å². The van der Waals surface area contributed by atoms with Crippen LogP contribution in [-0.2, 0) is 20.3 Å². The van der Waals surface area contributed by atoms with Gasteiger partial charge in [-0.1, -0.05) is 6.07 Å². The number of fused-ring (bicyclic) bond motifs is 1. The van der Waals surface area contributed by atoms with E-state index in [0.29, 0.717) is 34.6 Å². The van der Waals surface area contributed by atoms with Crippen LogP contribution in [0.5, 0.6) is 0 Å². The number of nitrogens with zero attached hydrogens (tertiary/aromatic N) is 1. The zero-order valence-corrected chi connectivity index (χ0v) is 14.7. The minimum Gasteiger partial charge on any atom is -0.442 e. The van der Waals surface area contributed by atoms with Crippen LogP contribution < -0.4 is 10.2 Å². The van der Waals surface area contributed by atoms with Crippen molar-refractivity contribution in [1.29, 1.82) is 0 Å². The second-order valence-electron chi connectivity index (χ2n) is 6.91. The molecule has 2 amide bonds. The zero-order chi connectivity index (χ0) is 18.4. The van der Waals surface area contributed by atoms with Gasteiger partial charge in [0.1, 0.15) is 18.5 Å². The van der Waals surface area contributed by atoms with Gasteiger partial charge in [-0.25, -0.2) is 9.18 Å². The number of amides is 2. The van der Waals surface area contributed by atoms with Crippen molar-refractivity contribution in [1.82, 2.24) is 5.32 Å². The molecule has 26 heavy (non-hydrogen) atoms. The van der Waals surface area contributed by atoms with Crippen molar-refractivity contribution in [2.24, 2.45) is 11.8 Å². The van der Waals surface area contributed by atoms with Crippen LogP contribution in [0.3, 0.4) is 0 Å². The van der Waals surface area contributed by atoms with Gasteiger partial charge in [0.25, 0.3) is 0 Å². The third kappa shape index (κ3) is 3.09. The lowest BCUT2D eigenvalue weighted by Crippen LogP contribution is -2.36. The van der Waals surface area contributed by atoms with E-state index in [4.69, 9.17) is 9.84 Å². The standard InChI is InChI=1S/C17H19FN2O5S/c18-14-3-9(1-2-11(14)16-12-7-26(24)8-13(12)16)20-5-10(25-17(20)23)4-19-15(22)6-21/h1-3,10,12-13,16,21H,4-8H2,(H,19,22)/t10-,12-,13+,16?,26?/m0/s1.